The fourth-order valence-electron chi connectivity index (χ4n) is 3.91. The van der Waals surface area contributed by atoms with Crippen LogP contribution in [0.15, 0.2) is 36.4 Å². The predicted octanol–water partition coefficient (Wildman–Crippen LogP) is 3.59. The minimum atomic E-state index is -0.770. The fraction of sp³-hybridized carbons (Fsp3) is 0.304. The lowest BCUT2D eigenvalue weighted by Crippen LogP contribution is -2.49. The molecule has 2 aromatic carbocycles. The molecular formula is C23H20Cl2N2O6. The van der Waals surface area contributed by atoms with E-state index in [0.717, 1.165) is 4.90 Å². The van der Waals surface area contributed by atoms with Gasteiger partial charge in [-0.1, -0.05) is 23.2 Å². The van der Waals surface area contributed by atoms with Gasteiger partial charge in [-0.05, 0) is 50.2 Å². The number of benzene rings is 2. The van der Waals surface area contributed by atoms with Crippen LogP contribution in [-0.4, -0.2) is 60.5 Å². The Labute approximate surface area is 199 Å². The molecule has 0 aromatic heterocycles. The van der Waals surface area contributed by atoms with Crippen molar-refractivity contribution in [2.24, 2.45) is 0 Å². The summed E-state index contributed by atoms with van der Waals surface area (Å²) in [5.74, 6) is -2.24. The van der Waals surface area contributed by atoms with Crippen molar-refractivity contribution < 1.29 is 28.7 Å². The Bertz CT molecular complexity index is 1160. The summed E-state index contributed by atoms with van der Waals surface area (Å²) in [5.41, 5.74) is 0.527. The van der Waals surface area contributed by atoms with E-state index in [2.05, 4.69) is 0 Å². The quantitative estimate of drug-likeness (QED) is 0.480. The molecule has 0 saturated carbocycles. The van der Waals surface area contributed by atoms with Crippen LogP contribution in [0.25, 0.3) is 0 Å². The van der Waals surface area contributed by atoms with Gasteiger partial charge in [0.25, 0.3) is 17.7 Å². The normalized spacial score (nSPS) is 20.1. The number of halogens is 2. The first kappa shape index (κ1) is 23.2. The Kier molecular flexibility index (Phi) is 6.43. The molecule has 10 heteroatoms. The summed E-state index contributed by atoms with van der Waals surface area (Å²) in [4.78, 5) is 53.2. The van der Waals surface area contributed by atoms with Gasteiger partial charge in [0, 0.05) is 13.1 Å². The van der Waals surface area contributed by atoms with Crippen molar-refractivity contribution in [2.45, 2.75) is 26.1 Å². The Hall–Kier alpha value is -2.94. The molecule has 3 amide bonds. The van der Waals surface area contributed by atoms with E-state index in [4.69, 9.17) is 32.7 Å². The standard InChI is InChI=1S/C23H20Cl2N2O6/c1-12-9-26(10-13(2)33-12)20(28)11-32-23(31)14-3-5-16-17(7-14)22(30)27(21(16)29)15-4-6-18(24)19(25)8-15/h3-8,12-13H,9-11H2,1-2H3. The van der Waals surface area contributed by atoms with Gasteiger partial charge < -0.3 is 14.4 Å². The Morgan fingerprint density at radius 3 is 2.30 bits per heavy atom. The van der Waals surface area contributed by atoms with Crippen LogP contribution in [0.1, 0.15) is 44.9 Å². The molecule has 0 aliphatic carbocycles. The van der Waals surface area contributed by atoms with Gasteiger partial charge in [-0.15, -0.1) is 0 Å². The van der Waals surface area contributed by atoms with Gasteiger partial charge in [0.05, 0.1) is 44.6 Å². The van der Waals surface area contributed by atoms with Crippen LogP contribution in [0.5, 0.6) is 0 Å². The van der Waals surface area contributed by atoms with Crippen LogP contribution >= 0.6 is 23.2 Å². The number of ether oxygens (including phenoxy) is 2. The van der Waals surface area contributed by atoms with E-state index in [1.165, 1.54) is 36.4 Å². The number of carbonyl (C=O) groups excluding carboxylic acids is 4. The van der Waals surface area contributed by atoms with E-state index in [1.807, 2.05) is 13.8 Å². The van der Waals surface area contributed by atoms with Gasteiger partial charge in [-0.25, -0.2) is 9.69 Å². The van der Waals surface area contributed by atoms with Gasteiger partial charge in [0.15, 0.2) is 6.61 Å². The number of amides is 3. The van der Waals surface area contributed by atoms with E-state index in [-0.39, 0.29) is 50.5 Å². The van der Waals surface area contributed by atoms with Crippen molar-refractivity contribution in [3.63, 3.8) is 0 Å². The smallest absolute Gasteiger partial charge is 0.338 e. The number of nitrogens with zero attached hydrogens (tertiary/aromatic N) is 2. The number of hydrogen-bond donors (Lipinski definition) is 0. The topological polar surface area (TPSA) is 93.2 Å². The summed E-state index contributed by atoms with van der Waals surface area (Å²) in [6, 6.07) is 8.46. The maximum absolute atomic E-state index is 12.9. The maximum atomic E-state index is 12.9. The number of imide groups is 1. The van der Waals surface area contributed by atoms with Crippen molar-refractivity contribution in [1.29, 1.82) is 0 Å². The van der Waals surface area contributed by atoms with Crippen LogP contribution in [-0.2, 0) is 14.3 Å². The van der Waals surface area contributed by atoms with Crippen molar-refractivity contribution in [3.05, 3.63) is 63.1 Å². The molecule has 8 nitrogen and oxygen atoms in total. The number of esters is 1. The average molecular weight is 491 g/mol. The second kappa shape index (κ2) is 9.13. The number of hydrogen-bond acceptors (Lipinski definition) is 6. The van der Waals surface area contributed by atoms with E-state index in [1.54, 1.807) is 4.90 Å². The average Bonchev–Trinajstić information content (AvgIpc) is 3.02. The molecule has 172 valence electrons. The first-order valence-electron chi connectivity index (χ1n) is 10.2. The summed E-state index contributed by atoms with van der Waals surface area (Å²) in [5, 5.41) is 0.487. The zero-order valence-electron chi connectivity index (χ0n) is 17.8. The molecule has 2 atom stereocenters. The molecule has 2 aromatic rings. The molecule has 2 aliphatic rings. The molecule has 0 radical (unpaired) electrons. The lowest BCUT2D eigenvalue weighted by atomic mass is 10.1. The number of carbonyl (C=O) groups is 4. The second-order valence-electron chi connectivity index (χ2n) is 7.94. The van der Waals surface area contributed by atoms with Crippen LogP contribution in [0.3, 0.4) is 0 Å². The third kappa shape index (κ3) is 4.59. The van der Waals surface area contributed by atoms with E-state index in [9.17, 15) is 19.2 Å². The van der Waals surface area contributed by atoms with Crippen LogP contribution in [0.4, 0.5) is 5.69 Å². The van der Waals surface area contributed by atoms with Gasteiger partial charge in [0.1, 0.15) is 0 Å². The molecule has 0 bridgehead atoms. The highest BCUT2D eigenvalue weighted by Crippen LogP contribution is 2.33. The number of anilines is 1. The lowest BCUT2D eigenvalue weighted by Gasteiger charge is -2.35. The van der Waals surface area contributed by atoms with Crippen molar-refractivity contribution in [3.8, 4) is 0 Å². The molecule has 2 aliphatic heterocycles. The molecule has 2 heterocycles. The molecule has 0 N–H and O–H groups in total. The monoisotopic (exact) mass is 490 g/mol. The molecule has 2 unspecified atom stereocenters. The van der Waals surface area contributed by atoms with E-state index >= 15 is 0 Å². The van der Waals surface area contributed by atoms with Gasteiger partial charge >= 0.3 is 5.97 Å². The molecule has 0 spiro atoms. The Balaban J connectivity index is 1.47. The molecule has 33 heavy (non-hydrogen) atoms. The molecule has 1 fully saturated rings. The number of morpholine rings is 1. The summed E-state index contributed by atoms with van der Waals surface area (Å²) in [6.45, 7) is 4.14. The van der Waals surface area contributed by atoms with E-state index < -0.39 is 24.4 Å². The highest BCUT2D eigenvalue weighted by atomic mass is 35.5. The third-order valence-corrected chi connectivity index (χ3v) is 6.12. The largest absolute Gasteiger partial charge is 0.452 e. The third-order valence-electron chi connectivity index (χ3n) is 5.38. The number of rotatable bonds is 4. The minimum absolute atomic E-state index is 0.0578. The fourth-order valence-corrected chi connectivity index (χ4v) is 4.20. The lowest BCUT2D eigenvalue weighted by molar-refractivity contribution is -0.146. The highest BCUT2D eigenvalue weighted by molar-refractivity contribution is 6.42. The second-order valence-corrected chi connectivity index (χ2v) is 8.75. The SMILES string of the molecule is CC1CN(C(=O)COC(=O)c2ccc3c(c2)C(=O)N(c2ccc(Cl)c(Cl)c2)C3=O)CC(C)O1. The van der Waals surface area contributed by atoms with Crippen molar-refractivity contribution in [2.75, 3.05) is 24.6 Å². The first-order chi connectivity index (χ1) is 15.7. The van der Waals surface area contributed by atoms with Crippen molar-refractivity contribution >= 4 is 52.6 Å². The van der Waals surface area contributed by atoms with E-state index in [0.29, 0.717) is 13.1 Å². The summed E-state index contributed by atoms with van der Waals surface area (Å²) in [7, 11) is 0. The number of fused-ring (bicyclic) bond motifs is 1. The molecular weight excluding hydrogens is 471 g/mol. The Morgan fingerprint density at radius 1 is 0.970 bits per heavy atom. The minimum Gasteiger partial charge on any atom is -0.452 e. The zero-order valence-corrected chi connectivity index (χ0v) is 19.4. The summed E-state index contributed by atoms with van der Waals surface area (Å²) >= 11 is 11.9. The first-order valence-corrected chi connectivity index (χ1v) is 11.0. The molecule has 4 rings (SSSR count). The Morgan fingerprint density at radius 2 is 1.64 bits per heavy atom. The zero-order chi connectivity index (χ0) is 23.9. The van der Waals surface area contributed by atoms with Gasteiger partial charge in [0.2, 0.25) is 0 Å². The van der Waals surface area contributed by atoms with Gasteiger partial charge in [-0.2, -0.15) is 0 Å². The highest BCUT2D eigenvalue weighted by Gasteiger charge is 2.37. The van der Waals surface area contributed by atoms with Crippen LogP contribution in [0.2, 0.25) is 10.0 Å². The maximum Gasteiger partial charge on any atom is 0.338 e. The summed E-state index contributed by atoms with van der Waals surface area (Å²) < 4.78 is 10.8. The summed E-state index contributed by atoms with van der Waals surface area (Å²) in [6.07, 6.45) is -0.209. The molecule has 1 saturated heterocycles. The van der Waals surface area contributed by atoms with Crippen LogP contribution in [0, 0.1) is 0 Å². The van der Waals surface area contributed by atoms with Gasteiger partial charge in [-0.3, -0.25) is 14.4 Å². The predicted molar refractivity (Wildman–Crippen MR) is 121 cm³/mol. The van der Waals surface area contributed by atoms with Crippen LogP contribution < -0.4 is 4.90 Å². The van der Waals surface area contributed by atoms with Crippen molar-refractivity contribution in [1.82, 2.24) is 4.90 Å².